The van der Waals surface area contributed by atoms with E-state index in [0.29, 0.717) is 29.9 Å². The van der Waals surface area contributed by atoms with Gasteiger partial charge in [-0.15, -0.1) is 0 Å². The largest absolute Gasteiger partial charge is 0.377 e. The summed E-state index contributed by atoms with van der Waals surface area (Å²) >= 11 is 0. The SMILES string of the molecule is Cc1ccccc1NC(=O)CC(C)NC1C2CCOC2C12CCC2. The smallest absolute Gasteiger partial charge is 0.225 e. The standard InChI is InChI=1S/C20H28N2O2/c1-13-6-3-4-7-16(13)22-17(23)12-14(2)21-18-15-8-11-24-19(15)20(18)9-5-10-20/h3-4,6-7,14-15,18-19,21H,5,8-12H2,1-2H3,(H,22,23). The highest BCUT2D eigenvalue weighted by molar-refractivity contribution is 5.91. The van der Waals surface area contributed by atoms with Gasteiger partial charge in [0.2, 0.25) is 5.91 Å². The van der Waals surface area contributed by atoms with Crippen LogP contribution < -0.4 is 10.6 Å². The van der Waals surface area contributed by atoms with Gasteiger partial charge in [-0.25, -0.2) is 0 Å². The number of nitrogens with one attached hydrogen (secondary N) is 2. The number of hydrogen-bond acceptors (Lipinski definition) is 3. The number of ether oxygens (including phenoxy) is 1. The van der Waals surface area contributed by atoms with Gasteiger partial charge in [0, 0.05) is 42.1 Å². The molecule has 2 aliphatic carbocycles. The van der Waals surface area contributed by atoms with Crippen LogP contribution >= 0.6 is 0 Å². The molecule has 0 bridgehead atoms. The molecular formula is C20H28N2O2. The van der Waals surface area contributed by atoms with E-state index in [4.69, 9.17) is 4.74 Å². The third-order valence-corrected chi connectivity index (χ3v) is 6.41. The van der Waals surface area contributed by atoms with Crippen LogP contribution in [0.4, 0.5) is 5.69 Å². The Bertz CT molecular complexity index is 626. The van der Waals surface area contributed by atoms with E-state index in [1.165, 1.54) is 25.7 Å². The normalized spacial score (nSPS) is 31.0. The Morgan fingerprint density at radius 1 is 1.38 bits per heavy atom. The Morgan fingerprint density at radius 2 is 2.17 bits per heavy atom. The van der Waals surface area contributed by atoms with Gasteiger partial charge in [-0.05, 0) is 44.7 Å². The number of benzene rings is 1. The van der Waals surface area contributed by atoms with Gasteiger partial charge in [-0.3, -0.25) is 4.79 Å². The zero-order valence-corrected chi connectivity index (χ0v) is 14.7. The van der Waals surface area contributed by atoms with Gasteiger partial charge >= 0.3 is 0 Å². The molecular weight excluding hydrogens is 300 g/mol. The van der Waals surface area contributed by atoms with Gasteiger partial charge in [-0.1, -0.05) is 24.6 Å². The number of hydrogen-bond donors (Lipinski definition) is 2. The van der Waals surface area contributed by atoms with Crippen molar-refractivity contribution in [2.24, 2.45) is 11.3 Å². The first kappa shape index (κ1) is 16.1. The van der Waals surface area contributed by atoms with E-state index < -0.39 is 0 Å². The first-order chi connectivity index (χ1) is 11.6. The fraction of sp³-hybridized carbons (Fsp3) is 0.650. The molecule has 3 aliphatic rings. The minimum Gasteiger partial charge on any atom is -0.377 e. The quantitative estimate of drug-likeness (QED) is 0.872. The molecule has 2 N–H and O–H groups in total. The summed E-state index contributed by atoms with van der Waals surface area (Å²) in [6.45, 7) is 5.07. The fourth-order valence-corrected chi connectivity index (χ4v) is 5.05. The number of carbonyl (C=O) groups excluding carboxylic acids is 1. The minimum atomic E-state index is 0.0884. The third kappa shape index (κ3) is 2.56. The molecule has 0 aromatic heterocycles. The zero-order valence-electron chi connectivity index (χ0n) is 14.7. The molecule has 2 saturated carbocycles. The average Bonchev–Trinajstić information content (AvgIpc) is 2.91. The number of aryl methyl sites for hydroxylation is 1. The van der Waals surface area contributed by atoms with Crippen molar-refractivity contribution in [3.8, 4) is 0 Å². The van der Waals surface area contributed by atoms with Crippen molar-refractivity contribution < 1.29 is 9.53 Å². The molecule has 4 nitrogen and oxygen atoms in total. The van der Waals surface area contributed by atoms with Gasteiger partial charge in [0.1, 0.15) is 0 Å². The van der Waals surface area contributed by atoms with Crippen molar-refractivity contribution in [1.82, 2.24) is 5.32 Å². The maximum atomic E-state index is 12.4. The van der Waals surface area contributed by atoms with Crippen molar-refractivity contribution >= 4 is 11.6 Å². The van der Waals surface area contributed by atoms with Crippen LogP contribution in [0.15, 0.2) is 24.3 Å². The van der Waals surface area contributed by atoms with Crippen LogP contribution in [0.1, 0.15) is 44.6 Å². The lowest BCUT2D eigenvalue weighted by Crippen LogP contribution is -2.72. The first-order valence-corrected chi connectivity index (χ1v) is 9.33. The second kappa shape index (κ2) is 6.16. The second-order valence-corrected chi connectivity index (χ2v) is 7.94. The number of anilines is 1. The van der Waals surface area contributed by atoms with E-state index >= 15 is 0 Å². The van der Waals surface area contributed by atoms with Crippen LogP contribution in [-0.2, 0) is 9.53 Å². The third-order valence-electron chi connectivity index (χ3n) is 6.41. The van der Waals surface area contributed by atoms with E-state index in [1.807, 2.05) is 31.2 Å². The summed E-state index contributed by atoms with van der Waals surface area (Å²) in [6.07, 6.45) is 6.07. The Balaban J connectivity index is 1.33. The predicted molar refractivity (Wildman–Crippen MR) is 94.9 cm³/mol. The molecule has 24 heavy (non-hydrogen) atoms. The molecule has 1 heterocycles. The Morgan fingerprint density at radius 3 is 2.88 bits per heavy atom. The molecule has 3 fully saturated rings. The molecule has 4 rings (SSSR count). The molecule has 1 aromatic rings. The monoisotopic (exact) mass is 328 g/mol. The summed E-state index contributed by atoms with van der Waals surface area (Å²) < 4.78 is 5.98. The molecule has 0 radical (unpaired) electrons. The van der Waals surface area contributed by atoms with E-state index in [-0.39, 0.29) is 11.9 Å². The highest BCUT2D eigenvalue weighted by atomic mass is 16.5. The van der Waals surface area contributed by atoms with Crippen molar-refractivity contribution in [1.29, 1.82) is 0 Å². The lowest BCUT2D eigenvalue weighted by atomic mass is 9.46. The van der Waals surface area contributed by atoms with Gasteiger partial charge in [0.05, 0.1) is 6.10 Å². The second-order valence-electron chi connectivity index (χ2n) is 7.94. The van der Waals surface area contributed by atoms with Gasteiger partial charge < -0.3 is 15.4 Å². The molecule has 4 atom stereocenters. The predicted octanol–water partition coefficient (Wildman–Crippen LogP) is 3.26. The van der Waals surface area contributed by atoms with Crippen molar-refractivity contribution in [2.45, 2.75) is 64.1 Å². The lowest BCUT2D eigenvalue weighted by Gasteiger charge is -2.64. The maximum absolute atomic E-state index is 12.4. The molecule has 1 saturated heterocycles. The van der Waals surface area contributed by atoms with Crippen LogP contribution in [0.25, 0.3) is 0 Å². The Kier molecular flexibility index (Phi) is 4.13. The first-order valence-electron chi connectivity index (χ1n) is 9.33. The fourth-order valence-electron chi connectivity index (χ4n) is 5.05. The number of carbonyl (C=O) groups is 1. The van der Waals surface area contributed by atoms with Crippen LogP contribution in [0.3, 0.4) is 0 Å². The van der Waals surface area contributed by atoms with E-state index in [0.717, 1.165) is 17.9 Å². The number of amides is 1. The molecule has 4 unspecified atom stereocenters. The number of para-hydroxylation sites is 1. The minimum absolute atomic E-state index is 0.0884. The molecule has 1 aromatic carbocycles. The summed E-state index contributed by atoms with van der Waals surface area (Å²) in [5, 5.41) is 6.81. The molecule has 4 heteroatoms. The molecule has 130 valence electrons. The van der Waals surface area contributed by atoms with Gasteiger partial charge in [-0.2, -0.15) is 0 Å². The maximum Gasteiger partial charge on any atom is 0.225 e. The Hall–Kier alpha value is -1.39. The van der Waals surface area contributed by atoms with Crippen LogP contribution in [-0.4, -0.2) is 30.7 Å². The summed E-state index contributed by atoms with van der Waals surface area (Å²) in [4.78, 5) is 12.4. The zero-order chi connectivity index (χ0) is 16.7. The van der Waals surface area contributed by atoms with Crippen molar-refractivity contribution in [3.05, 3.63) is 29.8 Å². The summed E-state index contributed by atoms with van der Waals surface area (Å²) in [6, 6.07) is 8.66. The van der Waals surface area contributed by atoms with Crippen molar-refractivity contribution in [3.63, 3.8) is 0 Å². The van der Waals surface area contributed by atoms with Crippen LogP contribution in [0.5, 0.6) is 0 Å². The molecule has 1 aliphatic heterocycles. The summed E-state index contributed by atoms with van der Waals surface area (Å²) in [7, 11) is 0. The van der Waals surface area contributed by atoms with Gasteiger partial charge in [0.15, 0.2) is 0 Å². The van der Waals surface area contributed by atoms with Crippen molar-refractivity contribution in [2.75, 3.05) is 11.9 Å². The summed E-state index contributed by atoms with van der Waals surface area (Å²) in [5.41, 5.74) is 2.39. The Labute approximate surface area is 144 Å². The highest BCUT2D eigenvalue weighted by Crippen LogP contribution is 2.62. The summed E-state index contributed by atoms with van der Waals surface area (Å²) in [5.74, 6) is 0.748. The van der Waals surface area contributed by atoms with E-state index in [1.54, 1.807) is 0 Å². The topological polar surface area (TPSA) is 50.4 Å². The highest BCUT2D eigenvalue weighted by Gasteiger charge is 2.66. The number of rotatable bonds is 5. The van der Waals surface area contributed by atoms with Crippen LogP contribution in [0.2, 0.25) is 0 Å². The average molecular weight is 328 g/mol. The van der Waals surface area contributed by atoms with Crippen LogP contribution in [0, 0.1) is 18.3 Å². The molecule has 1 amide bonds. The lowest BCUT2D eigenvalue weighted by molar-refractivity contribution is -0.178. The van der Waals surface area contributed by atoms with Gasteiger partial charge in [0.25, 0.3) is 0 Å². The number of fused-ring (bicyclic) bond motifs is 2. The van der Waals surface area contributed by atoms with E-state index in [9.17, 15) is 4.79 Å². The molecule has 1 spiro atoms. The van der Waals surface area contributed by atoms with E-state index in [2.05, 4.69) is 17.6 Å².